The normalized spacial score (nSPS) is 14.8. The average Bonchev–Trinajstić information content (AvgIpc) is 2.97. The Hall–Kier alpha value is -2.44. The fourth-order valence-electron chi connectivity index (χ4n) is 2.67. The molecule has 31 heavy (non-hydrogen) atoms. The first-order chi connectivity index (χ1) is 14.8. The molecule has 10 heteroatoms. The van der Waals surface area contributed by atoms with E-state index in [1.54, 1.807) is 43.3 Å². The van der Waals surface area contributed by atoms with Crippen LogP contribution in [0.3, 0.4) is 0 Å². The molecule has 160 valence electrons. The molecule has 0 unspecified atom stereocenters. The predicted octanol–water partition coefficient (Wildman–Crippen LogP) is 4.19. The van der Waals surface area contributed by atoms with E-state index in [2.05, 4.69) is 22.6 Å². The largest absolute Gasteiger partial charge is 0.490 e. The van der Waals surface area contributed by atoms with Crippen LogP contribution in [0.5, 0.6) is 11.5 Å². The maximum Gasteiger partial charge on any atom is 0.344 e. The predicted molar refractivity (Wildman–Crippen MR) is 129 cm³/mol. The molecule has 2 aromatic carbocycles. The van der Waals surface area contributed by atoms with Gasteiger partial charge in [-0.15, -0.1) is 0 Å². The number of hydrogen-bond acceptors (Lipinski definition) is 7. The molecule has 2 aromatic rings. The fourth-order valence-corrected chi connectivity index (χ4v) is 4.53. The minimum Gasteiger partial charge on any atom is -0.490 e. The number of carboxylic acids is 1. The van der Waals surface area contributed by atoms with E-state index in [9.17, 15) is 14.4 Å². The molecule has 1 N–H and O–H groups in total. The zero-order valence-electron chi connectivity index (χ0n) is 16.2. The van der Waals surface area contributed by atoms with Gasteiger partial charge in [-0.25, -0.2) is 4.79 Å². The van der Waals surface area contributed by atoms with Crippen molar-refractivity contribution < 1.29 is 29.0 Å². The second-order valence-corrected chi connectivity index (χ2v) is 9.01. The molecule has 1 fully saturated rings. The van der Waals surface area contributed by atoms with Crippen LogP contribution in [-0.4, -0.2) is 45.3 Å². The summed E-state index contributed by atoms with van der Waals surface area (Å²) in [5.41, 5.74) is 1.06. The van der Waals surface area contributed by atoms with Gasteiger partial charge in [-0.3, -0.25) is 14.5 Å². The van der Waals surface area contributed by atoms with Gasteiger partial charge in [-0.1, -0.05) is 42.2 Å². The monoisotopic (exact) mass is 569 g/mol. The Morgan fingerprint density at radius 2 is 1.97 bits per heavy atom. The standard InChI is InChI=1S/C21H16INO6S2/c1-2-28-16-9-12(10-17-19(26)23(11-18(24)25)21(30)31-17)7-8-15(16)29-20(27)13-5-3-4-6-14(13)22/h3-10H,2,11H2,1H3,(H,24,25)/b17-10-. The van der Waals surface area contributed by atoms with Crippen molar-refractivity contribution in [3.63, 3.8) is 0 Å². The first kappa shape index (κ1) is 23.2. The van der Waals surface area contributed by atoms with Crippen molar-refractivity contribution in [2.75, 3.05) is 13.2 Å². The molecule has 0 aromatic heterocycles. The first-order valence-corrected chi connectivity index (χ1v) is 11.3. The van der Waals surface area contributed by atoms with Gasteiger partial charge < -0.3 is 14.6 Å². The lowest BCUT2D eigenvalue weighted by molar-refractivity contribution is -0.140. The summed E-state index contributed by atoms with van der Waals surface area (Å²) in [5.74, 6) is -1.52. The van der Waals surface area contributed by atoms with Crippen LogP contribution in [0.4, 0.5) is 0 Å². The highest BCUT2D eigenvalue weighted by molar-refractivity contribution is 14.1. The molecule has 0 aliphatic carbocycles. The summed E-state index contributed by atoms with van der Waals surface area (Å²) in [4.78, 5) is 37.3. The van der Waals surface area contributed by atoms with Gasteiger partial charge in [0.15, 0.2) is 11.5 Å². The summed E-state index contributed by atoms with van der Waals surface area (Å²) in [5, 5.41) is 8.94. The highest BCUT2D eigenvalue weighted by Crippen LogP contribution is 2.35. The van der Waals surface area contributed by atoms with Crippen LogP contribution < -0.4 is 9.47 Å². The third-order valence-electron chi connectivity index (χ3n) is 4.03. The van der Waals surface area contributed by atoms with Gasteiger partial charge in [0.25, 0.3) is 5.91 Å². The third-order valence-corrected chi connectivity index (χ3v) is 6.35. The summed E-state index contributed by atoms with van der Waals surface area (Å²) < 4.78 is 12.1. The van der Waals surface area contributed by atoms with Crippen LogP contribution in [0, 0.1) is 3.57 Å². The average molecular weight is 569 g/mol. The molecule has 7 nitrogen and oxygen atoms in total. The number of benzene rings is 2. The van der Waals surface area contributed by atoms with Gasteiger partial charge in [-0.05, 0) is 65.4 Å². The van der Waals surface area contributed by atoms with E-state index in [0.717, 1.165) is 20.2 Å². The maximum absolute atomic E-state index is 12.5. The van der Waals surface area contributed by atoms with Crippen LogP contribution in [0.1, 0.15) is 22.8 Å². The Bertz CT molecular complexity index is 1100. The van der Waals surface area contributed by atoms with Crippen molar-refractivity contribution in [2.24, 2.45) is 0 Å². The Morgan fingerprint density at radius 1 is 1.23 bits per heavy atom. The second-order valence-electron chi connectivity index (χ2n) is 6.17. The van der Waals surface area contributed by atoms with Crippen LogP contribution in [0.2, 0.25) is 0 Å². The molecule has 0 bridgehead atoms. The van der Waals surface area contributed by atoms with Gasteiger partial charge in [0, 0.05) is 3.57 Å². The summed E-state index contributed by atoms with van der Waals surface area (Å²) in [6, 6.07) is 12.0. The van der Waals surface area contributed by atoms with Gasteiger partial charge in [0.2, 0.25) is 0 Å². The minimum absolute atomic E-state index is 0.187. The number of carbonyl (C=O) groups excluding carboxylic acids is 2. The lowest BCUT2D eigenvalue weighted by atomic mass is 10.1. The number of thiocarbonyl (C=S) groups is 1. The van der Waals surface area contributed by atoms with E-state index < -0.39 is 24.4 Å². The van der Waals surface area contributed by atoms with Crippen molar-refractivity contribution in [1.82, 2.24) is 4.90 Å². The molecule has 1 aliphatic rings. The molecule has 1 saturated heterocycles. The Morgan fingerprint density at radius 3 is 2.65 bits per heavy atom. The van der Waals surface area contributed by atoms with Gasteiger partial charge in [0.05, 0.1) is 17.1 Å². The first-order valence-electron chi connectivity index (χ1n) is 9.01. The van der Waals surface area contributed by atoms with Crippen LogP contribution in [0.15, 0.2) is 47.4 Å². The van der Waals surface area contributed by atoms with E-state index >= 15 is 0 Å². The molecule has 1 heterocycles. The van der Waals surface area contributed by atoms with E-state index in [-0.39, 0.29) is 10.1 Å². The molecule has 0 spiro atoms. The van der Waals surface area contributed by atoms with Crippen molar-refractivity contribution >= 4 is 74.8 Å². The van der Waals surface area contributed by atoms with Crippen molar-refractivity contribution in [3.8, 4) is 11.5 Å². The second kappa shape index (κ2) is 10.2. The van der Waals surface area contributed by atoms with Gasteiger partial charge in [0.1, 0.15) is 10.9 Å². The number of halogens is 1. The van der Waals surface area contributed by atoms with E-state index in [1.807, 2.05) is 12.1 Å². The fraction of sp³-hybridized carbons (Fsp3) is 0.143. The summed E-state index contributed by atoms with van der Waals surface area (Å²) in [7, 11) is 0. The minimum atomic E-state index is -1.14. The van der Waals surface area contributed by atoms with Crippen molar-refractivity contribution in [3.05, 3.63) is 62.1 Å². The SMILES string of the molecule is CCOc1cc(/C=C2\SC(=S)N(CC(=O)O)C2=O)ccc1OC(=O)c1ccccc1I. The summed E-state index contributed by atoms with van der Waals surface area (Å²) in [6.07, 6.45) is 1.59. The van der Waals surface area contributed by atoms with Gasteiger partial charge >= 0.3 is 11.9 Å². The number of ether oxygens (including phenoxy) is 2. The summed E-state index contributed by atoms with van der Waals surface area (Å²) in [6.45, 7) is 1.66. The number of esters is 1. The highest BCUT2D eigenvalue weighted by atomic mass is 127. The number of hydrogen-bond donors (Lipinski definition) is 1. The Kier molecular flexibility index (Phi) is 7.68. The number of nitrogens with zero attached hydrogens (tertiary/aromatic N) is 1. The number of carbonyl (C=O) groups is 3. The zero-order valence-corrected chi connectivity index (χ0v) is 20.0. The van der Waals surface area contributed by atoms with Crippen molar-refractivity contribution in [1.29, 1.82) is 0 Å². The lowest BCUT2D eigenvalue weighted by Crippen LogP contribution is -2.33. The zero-order chi connectivity index (χ0) is 22.5. The molecule has 0 radical (unpaired) electrons. The third kappa shape index (κ3) is 5.63. The molecule has 0 saturated carbocycles. The molecule has 1 aliphatic heterocycles. The van der Waals surface area contributed by atoms with Crippen LogP contribution in [-0.2, 0) is 9.59 Å². The molecule has 0 atom stereocenters. The molecular formula is C21H16INO6S2. The number of thioether (sulfide) groups is 1. The molecule has 1 amide bonds. The number of amides is 1. The molecular weight excluding hydrogens is 553 g/mol. The van der Waals surface area contributed by atoms with Crippen LogP contribution in [0.25, 0.3) is 6.08 Å². The van der Waals surface area contributed by atoms with Gasteiger partial charge in [-0.2, -0.15) is 0 Å². The summed E-state index contributed by atoms with van der Waals surface area (Å²) >= 11 is 8.20. The quantitative estimate of drug-likeness (QED) is 0.175. The van der Waals surface area contributed by atoms with E-state index in [4.69, 9.17) is 26.8 Å². The molecule has 3 rings (SSSR count). The maximum atomic E-state index is 12.5. The van der Waals surface area contributed by atoms with E-state index in [0.29, 0.717) is 28.4 Å². The number of aliphatic carboxylic acids is 1. The van der Waals surface area contributed by atoms with E-state index in [1.165, 1.54) is 0 Å². The highest BCUT2D eigenvalue weighted by Gasteiger charge is 2.33. The Balaban J connectivity index is 1.85. The number of rotatable bonds is 7. The topological polar surface area (TPSA) is 93.1 Å². The smallest absolute Gasteiger partial charge is 0.344 e. The van der Waals surface area contributed by atoms with Crippen molar-refractivity contribution in [2.45, 2.75) is 6.92 Å². The number of carboxylic acid groups (broad SMARTS) is 1. The van der Waals surface area contributed by atoms with Crippen LogP contribution >= 0.6 is 46.6 Å². The Labute approximate surface area is 201 Å². The lowest BCUT2D eigenvalue weighted by Gasteiger charge is -2.12.